The monoisotopic (exact) mass is 197 g/mol. The number of aromatic hydroxyl groups is 1. The van der Waals surface area contributed by atoms with Crippen LogP contribution in [0.1, 0.15) is 5.56 Å². The van der Waals surface area contributed by atoms with Crippen LogP contribution >= 0.6 is 0 Å². The molecule has 1 rings (SSSR count). The molecule has 0 amide bonds. The van der Waals surface area contributed by atoms with Crippen molar-refractivity contribution in [1.29, 1.82) is 0 Å². The summed E-state index contributed by atoms with van der Waals surface area (Å²) >= 11 is 0. The van der Waals surface area contributed by atoms with E-state index in [4.69, 9.17) is 4.74 Å². The van der Waals surface area contributed by atoms with Crippen molar-refractivity contribution in [2.75, 3.05) is 7.11 Å². The fraction of sp³-hybridized carbons (Fsp3) is 0.222. The molecule has 0 saturated heterocycles. The minimum absolute atomic E-state index is 0.0845. The number of aliphatic imine (C=N–C) groups is 1. The second-order valence-electron chi connectivity index (χ2n) is 2.51. The molecule has 0 unspecified atom stereocenters. The Labute approximate surface area is 79.7 Å². The number of benzene rings is 1. The number of hydrogen-bond donors (Lipinski definition) is 1. The Balaban J connectivity index is 3.17. The zero-order chi connectivity index (χ0) is 10.6. The summed E-state index contributed by atoms with van der Waals surface area (Å²) in [5.74, 6) is -0.750. The average molecular weight is 197 g/mol. The molecule has 14 heavy (non-hydrogen) atoms. The van der Waals surface area contributed by atoms with E-state index in [-0.39, 0.29) is 23.6 Å². The first-order chi connectivity index (χ1) is 6.69. The number of hydrogen-bond acceptors (Lipinski definition) is 4. The van der Waals surface area contributed by atoms with Crippen molar-refractivity contribution < 1.29 is 19.0 Å². The molecule has 74 valence electrons. The molecule has 0 aliphatic heterocycles. The van der Waals surface area contributed by atoms with Gasteiger partial charge in [0, 0.05) is 12.1 Å². The second-order valence-corrected chi connectivity index (χ2v) is 2.51. The molecule has 0 fully saturated rings. The highest BCUT2D eigenvalue weighted by molar-refractivity contribution is 5.45. The highest BCUT2D eigenvalue weighted by atomic mass is 19.1. The summed E-state index contributed by atoms with van der Waals surface area (Å²) in [7, 11) is 1.34. The summed E-state index contributed by atoms with van der Waals surface area (Å²) in [5, 5.41) is 9.32. The smallest absolute Gasteiger partial charge is 0.235 e. The van der Waals surface area contributed by atoms with Gasteiger partial charge in [-0.3, -0.25) is 0 Å². The van der Waals surface area contributed by atoms with E-state index in [2.05, 4.69) is 4.99 Å². The van der Waals surface area contributed by atoms with Crippen LogP contribution in [0.25, 0.3) is 0 Å². The van der Waals surface area contributed by atoms with Crippen LogP contribution in [0.5, 0.6) is 11.5 Å². The molecule has 0 radical (unpaired) electrons. The van der Waals surface area contributed by atoms with Gasteiger partial charge < -0.3 is 9.84 Å². The zero-order valence-corrected chi connectivity index (χ0v) is 7.45. The molecular weight excluding hydrogens is 189 g/mol. The molecule has 4 nitrogen and oxygen atoms in total. The lowest BCUT2D eigenvalue weighted by atomic mass is 10.1. The summed E-state index contributed by atoms with van der Waals surface area (Å²) in [4.78, 5) is 13.1. The largest absolute Gasteiger partial charge is 0.507 e. The van der Waals surface area contributed by atoms with E-state index in [0.717, 1.165) is 12.1 Å². The Hall–Kier alpha value is -1.87. The third-order valence-electron chi connectivity index (χ3n) is 1.67. The van der Waals surface area contributed by atoms with Crippen molar-refractivity contribution in [3.05, 3.63) is 23.5 Å². The van der Waals surface area contributed by atoms with Crippen molar-refractivity contribution in [3.63, 3.8) is 0 Å². The summed E-state index contributed by atoms with van der Waals surface area (Å²) in [6.07, 6.45) is 1.32. The van der Waals surface area contributed by atoms with Crippen LogP contribution in [0.3, 0.4) is 0 Å². The Bertz CT molecular complexity index is 386. The molecule has 0 aliphatic carbocycles. The Morgan fingerprint density at radius 3 is 2.93 bits per heavy atom. The van der Waals surface area contributed by atoms with E-state index in [1.54, 1.807) is 0 Å². The number of ether oxygens (including phenoxy) is 1. The molecule has 0 heterocycles. The van der Waals surface area contributed by atoms with Crippen molar-refractivity contribution in [1.82, 2.24) is 0 Å². The van der Waals surface area contributed by atoms with Gasteiger partial charge in [0.1, 0.15) is 17.3 Å². The number of isocyanates is 1. The molecule has 5 heteroatoms. The lowest BCUT2D eigenvalue weighted by Crippen LogP contribution is -1.93. The van der Waals surface area contributed by atoms with Crippen LogP contribution in [-0.4, -0.2) is 18.3 Å². The van der Waals surface area contributed by atoms with Gasteiger partial charge in [-0.05, 0) is 0 Å². The summed E-state index contributed by atoms with van der Waals surface area (Å²) in [6, 6.07) is 2.04. The first-order valence-electron chi connectivity index (χ1n) is 3.78. The van der Waals surface area contributed by atoms with Gasteiger partial charge in [0.2, 0.25) is 6.08 Å². The van der Waals surface area contributed by atoms with Gasteiger partial charge in [-0.25, -0.2) is 14.2 Å². The number of carbonyl (C=O) groups excluding carboxylic acids is 1. The molecule has 0 bridgehead atoms. The number of phenols is 1. The Morgan fingerprint density at radius 2 is 2.36 bits per heavy atom. The molecule has 0 aliphatic rings. The lowest BCUT2D eigenvalue weighted by Gasteiger charge is -2.07. The Morgan fingerprint density at radius 1 is 1.64 bits per heavy atom. The van der Waals surface area contributed by atoms with E-state index in [0.29, 0.717) is 0 Å². The van der Waals surface area contributed by atoms with Crippen LogP contribution < -0.4 is 4.74 Å². The van der Waals surface area contributed by atoms with Gasteiger partial charge in [0.05, 0.1) is 19.2 Å². The summed E-state index contributed by atoms with van der Waals surface area (Å²) < 4.78 is 17.6. The number of halogens is 1. The van der Waals surface area contributed by atoms with Crippen LogP contribution in [0.4, 0.5) is 4.39 Å². The SMILES string of the molecule is COc1cc(F)cc(O)c1CN=C=O. The fourth-order valence-corrected chi connectivity index (χ4v) is 1.05. The molecule has 1 aromatic rings. The fourth-order valence-electron chi connectivity index (χ4n) is 1.05. The predicted molar refractivity (Wildman–Crippen MR) is 46.4 cm³/mol. The van der Waals surface area contributed by atoms with Crippen LogP contribution in [-0.2, 0) is 11.3 Å². The maximum absolute atomic E-state index is 12.8. The van der Waals surface area contributed by atoms with Crippen LogP contribution in [0, 0.1) is 5.82 Å². The average Bonchev–Trinajstić information content (AvgIpc) is 2.15. The second kappa shape index (κ2) is 4.39. The molecule has 1 N–H and O–H groups in total. The van der Waals surface area contributed by atoms with Crippen LogP contribution in [0.2, 0.25) is 0 Å². The number of rotatable bonds is 3. The van der Waals surface area contributed by atoms with E-state index < -0.39 is 5.82 Å². The van der Waals surface area contributed by atoms with Gasteiger partial charge in [0.25, 0.3) is 0 Å². The minimum atomic E-state index is -0.613. The van der Waals surface area contributed by atoms with Crippen molar-refractivity contribution >= 4 is 6.08 Å². The number of nitrogens with zero attached hydrogens (tertiary/aromatic N) is 1. The lowest BCUT2D eigenvalue weighted by molar-refractivity contribution is 0.394. The van der Waals surface area contributed by atoms with Gasteiger partial charge in [0.15, 0.2) is 0 Å². The van der Waals surface area contributed by atoms with Crippen molar-refractivity contribution in [2.45, 2.75) is 6.54 Å². The molecule has 0 atom stereocenters. The van der Waals surface area contributed by atoms with Gasteiger partial charge in [-0.15, -0.1) is 0 Å². The standard InChI is InChI=1S/C9H8FNO3/c1-14-9-3-6(10)2-8(13)7(9)4-11-5-12/h2-3,13H,4H2,1H3. The summed E-state index contributed by atoms with van der Waals surface area (Å²) in [5.41, 5.74) is 0.261. The quantitative estimate of drug-likeness (QED) is 0.588. The van der Waals surface area contributed by atoms with Crippen molar-refractivity contribution in [2.24, 2.45) is 4.99 Å². The first-order valence-corrected chi connectivity index (χ1v) is 3.78. The Kier molecular flexibility index (Phi) is 3.20. The zero-order valence-electron chi connectivity index (χ0n) is 7.45. The topological polar surface area (TPSA) is 58.9 Å². The maximum Gasteiger partial charge on any atom is 0.235 e. The van der Waals surface area contributed by atoms with Gasteiger partial charge >= 0.3 is 0 Å². The highest BCUT2D eigenvalue weighted by Gasteiger charge is 2.10. The molecule has 1 aromatic carbocycles. The maximum atomic E-state index is 12.8. The molecular formula is C9H8FNO3. The van der Waals surface area contributed by atoms with E-state index in [9.17, 15) is 14.3 Å². The predicted octanol–water partition coefficient (Wildman–Crippen LogP) is 1.38. The molecule has 0 aromatic heterocycles. The minimum Gasteiger partial charge on any atom is -0.507 e. The third kappa shape index (κ3) is 2.08. The van der Waals surface area contributed by atoms with Crippen molar-refractivity contribution in [3.8, 4) is 11.5 Å². The molecule has 0 saturated carbocycles. The van der Waals surface area contributed by atoms with Crippen LogP contribution in [0.15, 0.2) is 17.1 Å². The highest BCUT2D eigenvalue weighted by Crippen LogP contribution is 2.29. The van der Waals surface area contributed by atoms with E-state index >= 15 is 0 Å². The van der Waals surface area contributed by atoms with Gasteiger partial charge in [-0.2, -0.15) is 0 Å². The van der Waals surface area contributed by atoms with E-state index in [1.807, 2.05) is 0 Å². The first kappa shape index (κ1) is 10.2. The number of phenolic OH excluding ortho intramolecular Hbond substituents is 1. The normalized spacial score (nSPS) is 9.29. The molecule has 0 spiro atoms. The number of methoxy groups -OCH3 is 1. The third-order valence-corrected chi connectivity index (χ3v) is 1.67. The van der Waals surface area contributed by atoms with E-state index in [1.165, 1.54) is 13.2 Å². The van der Waals surface area contributed by atoms with Gasteiger partial charge in [-0.1, -0.05) is 0 Å². The summed E-state index contributed by atoms with van der Waals surface area (Å²) in [6.45, 7) is -0.0845.